The van der Waals surface area contributed by atoms with E-state index in [-0.39, 0.29) is 0 Å². The number of halogens is 2. The third-order valence-corrected chi connectivity index (χ3v) is 2.35. The van der Waals surface area contributed by atoms with Gasteiger partial charge >= 0.3 is 8.60 Å². The topological polar surface area (TPSA) is 38.7 Å². The van der Waals surface area contributed by atoms with Crippen LogP contribution in [0.3, 0.4) is 0 Å². The first-order chi connectivity index (χ1) is 5.60. The van der Waals surface area contributed by atoms with Crippen LogP contribution in [0, 0.1) is 0 Å². The van der Waals surface area contributed by atoms with Gasteiger partial charge in [0.1, 0.15) is 0 Å². The molecule has 0 bridgehead atoms. The summed E-state index contributed by atoms with van der Waals surface area (Å²) in [5.74, 6) is 0. The SMILES string of the molecule is C=CC(Cl)OP(O)OC(Cl)C=C. The van der Waals surface area contributed by atoms with Crippen molar-refractivity contribution in [2.45, 2.75) is 11.1 Å². The van der Waals surface area contributed by atoms with E-state index in [4.69, 9.17) is 28.1 Å². The number of rotatable bonds is 6. The molecule has 0 saturated heterocycles. The predicted octanol–water partition coefficient (Wildman–Crippen LogP) is 2.74. The van der Waals surface area contributed by atoms with Crippen LogP contribution in [0.4, 0.5) is 0 Å². The standard InChI is InChI=1S/C6H9Cl2O3P/c1-3-5(7)10-12(9)11-6(8)4-2/h3-6,9H,1-2H2. The Morgan fingerprint density at radius 1 is 1.17 bits per heavy atom. The fraction of sp³-hybridized carbons (Fsp3) is 0.333. The van der Waals surface area contributed by atoms with Gasteiger partial charge in [-0.3, -0.25) is 9.05 Å². The fourth-order valence-electron chi connectivity index (χ4n) is 0.283. The fourth-order valence-corrected chi connectivity index (χ4v) is 1.26. The summed E-state index contributed by atoms with van der Waals surface area (Å²) in [7, 11) is -2.08. The van der Waals surface area contributed by atoms with Gasteiger partial charge < -0.3 is 4.89 Å². The van der Waals surface area contributed by atoms with Gasteiger partial charge in [-0.2, -0.15) is 0 Å². The van der Waals surface area contributed by atoms with Gasteiger partial charge in [-0.15, -0.1) is 0 Å². The maximum Gasteiger partial charge on any atom is 0.333 e. The molecule has 0 spiro atoms. The average molecular weight is 231 g/mol. The van der Waals surface area contributed by atoms with Crippen molar-refractivity contribution in [3.05, 3.63) is 25.3 Å². The molecule has 0 aromatic rings. The van der Waals surface area contributed by atoms with Crippen molar-refractivity contribution in [2.24, 2.45) is 0 Å². The third-order valence-electron chi connectivity index (χ3n) is 0.752. The highest BCUT2D eigenvalue weighted by atomic mass is 35.5. The van der Waals surface area contributed by atoms with Crippen LogP contribution in [0.15, 0.2) is 25.3 Å². The lowest BCUT2D eigenvalue weighted by molar-refractivity contribution is 0.204. The van der Waals surface area contributed by atoms with E-state index in [1.807, 2.05) is 0 Å². The summed E-state index contributed by atoms with van der Waals surface area (Å²) in [5.41, 5.74) is -1.57. The van der Waals surface area contributed by atoms with Crippen LogP contribution in [0.2, 0.25) is 0 Å². The average Bonchev–Trinajstić information content (AvgIpc) is 2.03. The van der Waals surface area contributed by atoms with Crippen LogP contribution in [0.5, 0.6) is 0 Å². The molecule has 70 valence electrons. The van der Waals surface area contributed by atoms with Gasteiger partial charge in [-0.05, 0) is 12.2 Å². The number of hydrogen-bond donors (Lipinski definition) is 1. The van der Waals surface area contributed by atoms with Crippen molar-refractivity contribution in [3.63, 3.8) is 0 Å². The van der Waals surface area contributed by atoms with Gasteiger partial charge in [0, 0.05) is 0 Å². The van der Waals surface area contributed by atoms with Crippen LogP contribution < -0.4 is 0 Å². The zero-order valence-electron chi connectivity index (χ0n) is 6.19. The molecule has 0 aliphatic carbocycles. The molecule has 1 N–H and O–H groups in total. The Labute approximate surface area is 82.6 Å². The van der Waals surface area contributed by atoms with Gasteiger partial charge in [0.05, 0.1) is 0 Å². The van der Waals surface area contributed by atoms with Crippen LogP contribution in [-0.4, -0.2) is 16.0 Å². The highest BCUT2D eigenvalue weighted by Crippen LogP contribution is 2.38. The molecular formula is C6H9Cl2O3P. The van der Waals surface area contributed by atoms with Crippen molar-refractivity contribution >= 4 is 31.8 Å². The summed E-state index contributed by atoms with van der Waals surface area (Å²) < 4.78 is 9.37. The molecular weight excluding hydrogens is 222 g/mol. The second-order valence-corrected chi connectivity index (χ2v) is 3.38. The van der Waals surface area contributed by atoms with Gasteiger partial charge in [0.15, 0.2) is 11.1 Å². The van der Waals surface area contributed by atoms with E-state index < -0.39 is 19.7 Å². The summed E-state index contributed by atoms with van der Waals surface area (Å²) in [5, 5.41) is 0. The maximum absolute atomic E-state index is 9.01. The predicted molar refractivity (Wildman–Crippen MR) is 51.0 cm³/mol. The Kier molecular flexibility index (Phi) is 7.05. The van der Waals surface area contributed by atoms with Gasteiger partial charge in [0.25, 0.3) is 0 Å². The second kappa shape index (κ2) is 6.84. The van der Waals surface area contributed by atoms with Crippen LogP contribution >= 0.6 is 31.8 Å². The zero-order chi connectivity index (χ0) is 9.56. The molecule has 3 nitrogen and oxygen atoms in total. The zero-order valence-corrected chi connectivity index (χ0v) is 8.60. The number of alkyl halides is 2. The van der Waals surface area contributed by atoms with Crippen molar-refractivity contribution in [2.75, 3.05) is 0 Å². The summed E-state index contributed by atoms with van der Waals surface area (Å²) in [6, 6.07) is 0. The molecule has 0 aromatic heterocycles. The minimum absolute atomic E-state index is 0.783. The van der Waals surface area contributed by atoms with Crippen LogP contribution in [0.1, 0.15) is 0 Å². The van der Waals surface area contributed by atoms with E-state index in [0.717, 1.165) is 0 Å². The van der Waals surface area contributed by atoms with Crippen molar-refractivity contribution in [1.29, 1.82) is 0 Å². The van der Waals surface area contributed by atoms with Crippen molar-refractivity contribution < 1.29 is 13.9 Å². The molecule has 2 unspecified atom stereocenters. The summed E-state index contributed by atoms with van der Waals surface area (Å²) in [6.07, 6.45) is 2.63. The normalized spacial score (nSPS) is 17.9. The number of hydrogen-bond acceptors (Lipinski definition) is 3. The monoisotopic (exact) mass is 230 g/mol. The van der Waals surface area contributed by atoms with E-state index in [1.165, 1.54) is 12.2 Å². The third kappa shape index (κ3) is 5.95. The summed E-state index contributed by atoms with van der Waals surface area (Å²) in [6.45, 7) is 6.69. The van der Waals surface area contributed by atoms with E-state index in [1.54, 1.807) is 0 Å². The largest absolute Gasteiger partial charge is 0.333 e. The Bertz CT molecular complexity index is 140. The quantitative estimate of drug-likeness (QED) is 0.434. The van der Waals surface area contributed by atoms with Crippen molar-refractivity contribution in [3.8, 4) is 0 Å². The molecule has 0 radical (unpaired) electrons. The smallest absolute Gasteiger partial charge is 0.328 e. The lowest BCUT2D eigenvalue weighted by Crippen LogP contribution is -2.02. The Morgan fingerprint density at radius 2 is 1.50 bits per heavy atom. The molecule has 0 saturated carbocycles. The minimum Gasteiger partial charge on any atom is -0.328 e. The lowest BCUT2D eigenvalue weighted by atomic mass is 10.7. The Balaban J connectivity index is 3.64. The first-order valence-corrected chi connectivity index (χ1v) is 4.96. The van der Waals surface area contributed by atoms with Crippen LogP contribution in [-0.2, 0) is 9.05 Å². The van der Waals surface area contributed by atoms with Crippen molar-refractivity contribution in [1.82, 2.24) is 0 Å². The van der Waals surface area contributed by atoms with E-state index in [2.05, 4.69) is 22.2 Å². The lowest BCUT2D eigenvalue weighted by Gasteiger charge is -2.13. The van der Waals surface area contributed by atoms with E-state index in [9.17, 15) is 0 Å². The molecule has 0 heterocycles. The molecule has 0 fully saturated rings. The highest BCUT2D eigenvalue weighted by Gasteiger charge is 2.14. The molecule has 0 aliphatic heterocycles. The second-order valence-electron chi connectivity index (χ2n) is 1.62. The molecule has 12 heavy (non-hydrogen) atoms. The minimum atomic E-state index is -2.08. The van der Waals surface area contributed by atoms with Gasteiger partial charge in [-0.25, -0.2) is 0 Å². The molecule has 0 amide bonds. The molecule has 2 atom stereocenters. The van der Waals surface area contributed by atoms with Gasteiger partial charge in [-0.1, -0.05) is 36.4 Å². The Morgan fingerprint density at radius 3 is 1.75 bits per heavy atom. The molecule has 6 heteroatoms. The van der Waals surface area contributed by atoms with E-state index >= 15 is 0 Å². The van der Waals surface area contributed by atoms with Crippen LogP contribution in [0.25, 0.3) is 0 Å². The first kappa shape index (κ1) is 12.4. The maximum atomic E-state index is 9.01. The first-order valence-electron chi connectivity index (χ1n) is 2.96. The molecule has 0 rings (SSSR count). The summed E-state index contributed by atoms with van der Waals surface area (Å²) in [4.78, 5) is 9.01. The summed E-state index contributed by atoms with van der Waals surface area (Å²) >= 11 is 10.9. The van der Waals surface area contributed by atoms with E-state index in [0.29, 0.717) is 0 Å². The molecule has 0 aliphatic rings. The van der Waals surface area contributed by atoms with Gasteiger partial charge in [0.2, 0.25) is 0 Å². The highest BCUT2D eigenvalue weighted by molar-refractivity contribution is 7.40. The molecule has 0 aromatic carbocycles. The Hall–Kier alpha value is 0.370.